The Morgan fingerprint density at radius 3 is 2.62 bits per heavy atom. The number of carbonyl (C=O) groups excluding carboxylic acids is 1. The van der Waals surface area contributed by atoms with Crippen LogP contribution >= 0.6 is 11.8 Å². The molecule has 0 aliphatic carbocycles. The first-order chi connectivity index (χ1) is 7.86. The summed E-state index contributed by atoms with van der Waals surface area (Å²) in [6.07, 6.45) is 7.10. The second-order valence-corrected chi connectivity index (χ2v) is 4.96. The van der Waals surface area contributed by atoms with Crippen molar-refractivity contribution in [2.45, 2.75) is 24.2 Å². The van der Waals surface area contributed by atoms with Gasteiger partial charge in [0.05, 0.1) is 5.75 Å². The average Bonchev–Trinajstić information content (AvgIpc) is 2.38. The van der Waals surface area contributed by atoms with Gasteiger partial charge in [-0.1, -0.05) is 0 Å². The first kappa shape index (κ1) is 11.5. The Hall–Kier alpha value is -1.03. The number of hydrogen-bond donors (Lipinski definition) is 0. The third kappa shape index (κ3) is 3.23. The topological polar surface area (TPSA) is 33.2 Å². The van der Waals surface area contributed by atoms with Gasteiger partial charge in [-0.05, 0) is 31.4 Å². The fraction of sp³-hybridized carbons (Fsp3) is 0.500. The number of aromatic nitrogens is 1. The lowest BCUT2D eigenvalue weighted by Crippen LogP contribution is -2.36. The molecule has 1 amide bonds. The SMILES string of the molecule is O=C(CSc1ccncc1)N1CCCCC1. The van der Waals surface area contributed by atoms with Gasteiger partial charge in [-0.25, -0.2) is 0 Å². The van der Waals surface area contributed by atoms with Crippen LogP contribution < -0.4 is 0 Å². The molecule has 4 heteroatoms. The van der Waals surface area contributed by atoms with Crippen molar-refractivity contribution in [3.05, 3.63) is 24.5 Å². The fourth-order valence-corrected chi connectivity index (χ4v) is 2.60. The highest BCUT2D eigenvalue weighted by atomic mass is 32.2. The molecule has 1 aromatic heterocycles. The summed E-state index contributed by atoms with van der Waals surface area (Å²) >= 11 is 1.59. The molecule has 1 saturated heterocycles. The number of piperidine rings is 1. The number of likely N-dealkylation sites (tertiary alicyclic amines) is 1. The van der Waals surface area contributed by atoms with Crippen LogP contribution in [0, 0.1) is 0 Å². The molecule has 1 aliphatic heterocycles. The Kier molecular flexibility index (Phi) is 4.22. The maximum absolute atomic E-state index is 11.9. The van der Waals surface area contributed by atoms with Gasteiger partial charge in [0, 0.05) is 30.4 Å². The van der Waals surface area contributed by atoms with Crippen molar-refractivity contribution in [2.75, 3.05) is 18.8 Å². The molecule has 2 rings (SSSR count). The normalized spacial score (nSPS) is 16.1. The van der Waals surface area contributed by atoms with Crippen LogP contribution in [-0.4, -0.2) is 34.6 Å². The summed E-state index contributed by atoms with van der Waals surface area (Å²) in [6.45, 7) is 1.88. The van der Waals surface area contributed by atoms with E-state index in [9.17, 15) is 4.79 Å². The summed E-state index contributed by atoms with van der Waals surface area (Å²) in [5.74, 6) is 0.811. The van der Waals surface area contributed by atoms with Crippen molar-refractivity contribution in [1.82, 2.24) is 9.88 Å². The Bertz CT molecular complexity index is 336. The number of rotatable bonds is 3. The van der Waals surface area contributed by atoms with Crippen LogP contribution in [0.3, 0.4) is 0 Å². The zero-order valence-electron chi connectivity index (χ0n) is 9.26. The van der Waals surface area contributed by atoms with Gasteiger partial charge < -0.3 is 4.90 Å². The molecule has 1 aliphatic rings. The molecule has 0 atom stereocenters. The van der Waals surface area contributed by atoms with Gasteiger partial charge in [0.2, 0.25) is 5.91 Å². The van der Waals surface area contributed by atoms with Gasteiger partial charge in [-0.15, -0.1) is 11.8 Å². The molecule has 1 fully saturated rings. The van der Waals surface area contributed by atoms with Crippen molar-refractivity contribution < 1.29 is 4.79 Å². The van der Waals surface area contributed by atoms with Gasteiger partial charge in [0.15, 0.2) is 0 Å². The minimum absolute atomic E-state index is 0.265. The van der Waals surface area contributed by atoms with Crippen LogP contribution in [0.1, 0.15) is 19.3 Å². The summed E-state index contributed by atoms with van der Waals surface area (Å²) in [7, 11) is 0. The van der Waals surface area contributed by atoms with E-state index in [1.54, 1.807) is 24.2 Å². The Balaban J connectivity index is 1.79. The molecule has 2 heterocycles. The maximum atomic E-state index is 11.9. The third-order valence-electron chi connectivity index (χ3n) is 2.72. The number of carbonyl (C=O) groups is 1. The summed E-state index contributed by atoms with van der Waals surface area (Å²) in [5.41, 5.74) is 0. The van der Waals surface area contributed by atoms with Crippen LogP contribution in [0.4, 0.5) is 0 Å². The van der Waals surface area contributed by atoms with Crippen molar-refractivity contribution in [3.63, 3.8) is 0 Å². The molecule has 0 aromatic carbocycles. The van der Waals surface area contributed by atoms with Gasteiger partial charge >= 0.3 is 0 Å². The average molecular weight is 236 g/mol. The minimum atomic E-state index is 0.265. The first-order valence-electron chi connectivity index (χ1n) is 5.67. The van der Waals surface area contributed by atoms with E-state index in [1.807, 2.05) is 17.0 Å². The van der Waals surface area contributed by atoms with Crippen LogP contribution in [0.5, 0.6) is 0 Å². The second kappa shape index (κ2) is 5.89. The van der Waals surface area contributed by atoms with E-state index in [1.165, 1.54) is 6.42 Å². The predicted octanol–water partition coefficient (Wildman–Crippen LogP) is 2.19. The molecule has 0 radical (unpaired) electrons. The molecule has 86 valence electrons. The van der Waals surface area contributed by atoms with Crippen LogP contribution in [0.2, 0.25) is 0 Å². The van der Waals surface area contributed by atoms with E-state index in [-0.39, 0.29) is 5.91 Å². The molecule has 0 N–H and O–H groups in total. The number of nitrogens with zero attached hydrogens (tertiary/aromatic N) is 2. The molecule has 0 unspecified atom stereocenters. The van der Waals surface area contributed by atoms with Gasteiger partial charge in [0.25, 0.3) is 0 Å². The zero-order chi connectivity index (χ0) is 11.2. The molecule has 1 aromatic rings. The quantitative estimate of drug-likeness (QED) is 0.754. The molecular formula is C12H16N2OS. The highest BCUT2D eigenvalue weighted by Gasteiger charge is 2.16. The van der Waals surface area contributed by atoms with Crippen molar-refractivity contribution in [2.24, 2.45) is 0 Å². The maximum Gasteiger partial charge on any atom is 0.232 e. The lowest BCUT2D eigenvalue weighted by atomic mass is 10.1. The summed E-state index contributed by atoms with van der Waals surface area (Å²) < 4.78 is 0. The predicted molar refractivity (Wildman–Crippen MR) is 65.4 cm³/mol. The standard InChI is InChI=1S/C12H16N2OS/c15-12(14-8-2-1-3-9-14)10-16-11-4-6-13-7-5-11/h4-7H,1-3,8-10H2. The Morgan fingerprint density at radius 1 is 1.25 bits per heavy atom. The Labute approximate surface area is 100 Å². The first-order valence-corrected chi connectivity index (χ1v) is 6.65. The number of amides is 1. The highest BCUT2D eigenvalue weighted by Crippen LogP contribution is 2.18. The second-order valence-electron chi connectivity index (χ2n) is 3.91. The zero-order valence-corrected chi connectivity index (χ0v) is 10.1. The van der Waals surface area contributed by atoms with Gasteiger partial charge in [-0.3, -0.25) is 9.78 Å². The monoisotopic (exact) mass is 236 g/mol. The summed E-state index contributed by atoms with van der Waals surface area (Å²) in [6, 6.07) is 3.88. The molecule has 0 spiro atoms. The lowest BCUT2D eigenvalue weighted by Gasteiger charge is -2.26. The number of hydrogen-bond acceptors (Lipinski definition) is 3. The molecule has 16 heavy (non-hydrogen) atoms. The molecule has 0 saturated carbocycles. The van der Waals surface area contributed by atoms with Gasteiger partial charge in [-0.2, -0.15) is 0 Å². The number of thioether (sulfide) groups is 1. The summed E-state index contributed by atoms with van der Waals surface area (Å²) in [4.78, 5) is 18.9. The van der Waals surface area contributed by atoms with Crippen LogP contribution in [0.15, 0.2) is 29.4 Å². The third-order valence-corrected chi connectivity index (χ3v) is 3.72. The molecular weight excluding hydrogens is 220 g/mol. The van der Waals surface area contributed by atoms with E-state index in [0.717, 1.165) is 30.8 Å². The highest BCUT2D eigenvalue weighted by molar-refractivity contribution is 8.00. The molecule has 3 nitrogen and oxygen atoms in total. The number of pyridine rings is 1. The van der Waals surface area contributed by atoms with Crippen LogP contribution in [0.25, 0.3) is 0 Å². The van der Waals surface area contributed by atoms with E-state index in [0.29, 0.717) is 5.75 Å². The molecule has 0 bridgehead atoms. The Morgan fingerprint density at radius 2 is 1.94 bits per heavy atom. The van der Waals surface area contributed by atoms with Crippen molar-refractivity contribution in [3.8, 4) is 0 Å². The largest absolute Gasteiger partial charge is 0.342 e. The van der Waals surface area contributed by atoms with Gasteiger partial charge in [0.1, 0.15) is 0 Å². The van der Waals surface area contributed by atoms with E-state index >= 15 is 0 Å². The van der Waals surface area contributed by atoms with Crippen molar-refractivity contribution >= 4 is 17.7 Å². The smallest absolute Gasteiger partial charge is 0.232 e. The van der Waals surface area contributed by atoms with E-state index in [4.69, 9.17) is 0 Å². The lowest BCUT2D eigenvalue weighted by molar-refractivity contribution is -0.129. The van der Waals surface area contributed by atoms with Crippen molar-refractivity contribution in [1.29, 1.82) is 0 Å². The van der Waals surface area contributed by atoms with Crippen LogP contribution in [-0.2, 0) is 4.79 Å². The van der Waals surface area contributed by atoms with E-state index < -0.39 is 0 Å². The summed E-state index contributed by atoms with van der Waals surface area (Å²) in [5, 5.41) is 0. The minimum Gasteiger partial charge on any atom is -0.342 e. The fourth-order valence-electron chi connectivity index (χ4n) is 1.81. The van der Waals surface area contributed by atoms with E-state index in [2.05, 4.69) is 4.98 Å².